The van der Waals surface area contributed by atoms with E-state index in [9.17, 15) is 8.42 Å². The molecule has 0 aliphatic heterocycles. The molecule has 1 aromatic carbocycles. The van der Waals surface area contributed by atoms with E-state index >= 15 is 0 Å². The van der Waals surface area contributed by atoms with Crippen LogP contribution in [0.5, 0.6) is 0 Å². The van der Waals surface area contributed by atoms with Crippen LogP contribution in [0.2, 0.25) is 0 Å². The fraction of sp³-hybridized carbons (Fsp3) is 0.700. The van der Waals surface area contributed by atoms with Crippen molar-refractivity contribution in [2.45, 2.75) is 18.7 Å². The molecule has 30 heavy (non-hydrogen) atoms. The summed E-state index contributed by atoms with van der Waals surface area (Å²) in [6, 6.07) is 6.41. The van der Waals surface area contributed by atoms with E-state index in [0.29, 0.717) is 66.1 Å². The Morgan fingerprint density at radius 2 is 1.03 bits per heavy atom. The first-order valence-corrected chi connectivity index (χ1v) is 11.4. The highest BCUT2D eigenvalue weighted by Crippen LogP contribution is 2.12. The molecular weight excluding hydrogens is 416 g/mol. The van der Waals surface area contributed by atoms with E-state index in [2.05, 4.69) is 0 Å². The van der Waals surface area contributed by atoms with Crippen LogP contribution in [0.4, 0.5) is 0 Å². The van der Waals surface area contributed by atoms with Gasteiger partial charge in [0.05, 0.1) is 71.0 Å². The van der Waals surface area contributed by atoms with E-state index in [1.165, 1.54) is 12.1 Å². The number of aryl methyl sites for hydroxylation is 1. The van der Waals surface area contributed by atoms with E-state index in [-0.39, 0.29) is 18.3 Å². The molecule has 0 heterocycles. The lowest BCUT2D eigenvalue weighted by Gasteiger charge is -2.08. The Kier molecular flexibility index (Phi) is 15.8. The standard InChI is InChI=1S/C20H34O9S/c1-3-23-8-9-24-10-11-25-12-13-26-14-15-27-16-17-28-18-29-30(21,22)20-6-4-19(2)5-7-20/h4-7H,3,8-18H2,1-2H3. The van der Waals surface area contributed by atoms with Gasteiger partial charge in [0.25, 0.3) is 10.1 Å². The molecule has 0 aliphatic carbocycles. The molecule has 0 bridgehead atoms. The second kappa shape index (κ2) is 17.6. The fourth-order valence-corrected chi connectivity index (χ4v) is 2.87. The highest BCUT2D eigenvalue weighted by molar-refractivity contribution is 7.86. The lowest BCUT2D eigenvalue weighted by Crippen LogP contribution is -2.15. The van der Waals surface area contributed by atoms with Gasteiger partial charge in [-0.05, 0) is 26.0 Å². The highest BCUT2D eigenvalue weighted by atomic mass is 32.2. The van der Waals surface area contributed by atoms with Crippen molar-refractivity contribution in [3.63, 3.8) is 0 Å². The molecule has 0 amide bonds. The Hall–Kier alpha value is -1.11. The van der Waals surface area contributed by atoms with Crippen LogP contribution in [0, 0.1) is 6.92 Å². The van der Waals surface area contributed by atoms with Crippen LogP contribution in [0.25, 0.3) is 0 Å². The molecule has 10 heteroatoms. The van der Waals surface area contributed by atoms with Gasteiger partial charge >= 0.3 is 0 Å². The van der Waals surface area contributed by atoms with E-state index in [1.807, 2.05) is 13.8 Å². The molecule has 0 saturated heterocycles. The van der Waals surface area contributed by atoms with Crippen molar-refractivity contribution >= 4 is 10.1 Å². The van der Waals surface area contributed by atoms with Crippen LogP contribution in [-0.4, -0.2) is 87.9 Å². The summed E-state index contributed by atoms with van der Waals surface area (Å²) in [5, 5.41) is 0. The average Bonchev–Trinajstić information content (AvgIpc) is 2.73. The lowest BCUT2D eigenvalue weighted by molar-refractivity contribution is -0.0321. The number of hydrogen-bond donors (Lipinski definition) is 0. The Labute approximate surface area is 179 Å². The molecule has 0 saturated carbocycles. The second-order valence-electron chi connectivity index (χ2n) is 6.06. The zero-order valence-electron chi connectivity index (χ0n) is 17.9. The monoisotopic (exact) mass is 450 g/mol. The van der Waals surface area contributed by atoms with Gasteiger partial charge in [-0.2, -0.15) is 8.42 Å². The molecule has 0 aliphatic rings. The van der Waals surface area contributed by atoms with Crippen molar-refractivity contribution in [3.05, 3.63) is 29.8 Å². The van der Waals surface area contributed by atoms with E-state index in [0.717, 1.165) is 5.56 Å². The normalized spacial score (nSPS) is 11.8. The first kappa shape index (κ1) is 26.9. The van der Waals surface area contributed by atoms with Gasteiger partial charge in [0.15, 0.2) is 6.79 Å². The average molecular weight is 451 g/mol. The first-order valence-electron chi connectivity index (χ1n) is 9.99. The second-order valence-corrected chi connectivity index (χ2v) is 7.67. The minimum Gasteiger partial charge on any atom is -0.379 e. The zero-order valence-corrected chi connectivity index (χ0v) is 18.7. The van der Waals surface area contributed by atoms with E-state index < -0.39 is 10.1 Å². The Balaban J connectivity index is 1.84. The third kappa shape index (κ3) is 14.0. The van der Waals surface area contributed by atoms with Crippen LogP contribution in [0.1, 0.15) is 12.5 Å². The van der Waals surface area contributed by atoms with Gasteiger partial charge in [0, 0.05) is 6.61 Å². The third-order valence-corrected chi connectivity index (χ3v) is 4.92. The molecule has 1 aromatic rings. The predicted molar refractivity (Wildman–Crippen MR) is 110 cm³/mol. The number of ether oxygens (including phenoxy) is 6. The minimum atomic E-state index is -3.81. The van der Waals surface area contributed by atoms with Gasteiger partial charge in [-0.25, -0.2) is 4.18 Å². The molecule has 0 spiro atoms. The molecule has 174 valence electrons. The maximum atomic E-state index is 11.9. The highest BCUT2D eigenvalue weighted by Gasteiger charge is 2.14. The Morgan fingerprint density at radius 3 is 1.47 bits per heavy atom. The van der Waals surface area contributed by atoms with E-state index in [1.54, 1.807) is 12.1 Å². The minimum absolute atomic E-state index is 0.100. The summed E-state index contributed by atoms with van der Waals surface area (Å²) in [6.45, 7) is 8.73. The van der Waals surface area contributed by atoms with Gasteiger partial charge < -0.3 is 28.4 Å². The SMILES string of the molecule is CCOCCOCCOCCOCCOCCOCOS(=O)(=O)c1ccc(C)cc1. The van der Waals surface area contributed by atoms with Crippen molar-refractivity contribution in [2.75, 3.05) is 79.5 Å². The van der Waals surface area contributed by atoms with Gasteiger partial charge in [0.2, 0.25) is 0 Å². The molecule has 1 rings (SSSR count). The summed E-state index contributed by atoms with van der Waals surface area (Å²) in [5.41, 5.74) is 0.970. The van der Waals surface area contributed by atoms with Crippen molar-refractivity contribution in [2.24, 2.45) is 0 Å². The molecule has 0 fully saturated rings. The van der Waals surface area contributed by atoms with Crippen molar-refractivity contribution in [1.29, 1.82) is 0 Å². The summed E-state index contributed by atoms with van der Waals surface area (Å²) in [4.78, 5) is 0.100. The smallest absolute Gasteiger partial charge is 0.299 e. The summed E-state index contributed by atoms with van der Waals surface area (Å²) < 4.78 is 60.4. The molecule has 9 nitrogen and oxygen atoms in total. The van der Waals surface area contributed by atoms with Gasteiger partial charge in [-0.3, -0.25) is 0 Å². The molecule has 0 radical (unpaired) electrons. The molecule has 0 unspecified atom stereocenters. The Bertz CT molecular complexity index is 620. The molecular formula is C20H34O9S. The molecule has 0 atom stereocenters. The van der Waals surface area contributed by atoms with Crippen LogP contribution in [0.3, 0.4) is 0 Å². The molecule has 0 N–H and O–H groups in total. The zero-order chi connectivity index (χ0) is 21.9. The lowest BCUT2D eigenvalue weighted by atomic mass is 10.2. The number of rotatable bonds is 20. The summed E-state index contributed by atoms with van der Waals surface area (Å²) in [7, 11) is -3.81. The van der Waals surface area contributed by atoms with E-state index in [4.69, 9.17) is 32.6 Å². The third-order valence-electron chi connectivity index (χ3n) is 3.66. The topological polar surface area (TPSA) is 98.8 Å². The van der Waals surface area contributed by atoms with Crippen LogP contribution in [-0.2, 0) is 42.7 Å². The number of hydrogen-bond acceptors (Lipinski definition) is 9. The van der Waals surface area contributed by atoms with Crippen molar-refractivity contribution in [1.82, 2.24) is 0 Å². The Morgan fingerprint density at radius 1 is 0.633 bits per heavy atom. The van der Waals surface area contributed by atoms with Crippen molar-refractivity contribution in [3.8, 4) is 0 Å². The van der Waals surface area contributed by atoms with Crippen LogP contribution in [0.15, 0.2) is 29.2 Å². The summed E-state index contributed by atoms with van der Waals surface area (Å²) in [6.07, 6.45) is 0. The van der Waals surface area contributed by atoms with Gasteiger partial charge in [-0.1, -0.05) is 17.7 Å². The summed E-state index contributed by atoms with van der Waals surface area (Å²) >= 11 is 0. The fourth-order valence-electron chi connectivity index (χ4n) is 2.07. The maximum Gasteiger partial charge on any atom is 0.299 e. The quantitative estimate of drug-likeness (QED) is 0.167. The largest absolute Gasteiger partial charge is 0.379 e. The van der Waals surface area contributed by atoms with Gasteiger partial charge in [-0.15, -0.1) is 0 Å². The van der Waals surface area contributed by atoms with Crippen molar-refractivity contribution < 1.29 is 41.0 Å². The summed E-state index contributed by atoms with van der Waals surface area (Å²) in [5.74, 6) is 0. The van der Waals surface area contributed by atoms with Gasteiger partial charge in [0.1, 0.15) is 0 Å². The maximum absolute atomic E-state index is 11.9. The number of benzene rings is 1. The van der Waals surface area contributed by atoms with Crippen LogP contribution < -0.4 is 0 Å². The molecule has 0 aromatic heterocycles. The first-order chi connectivity index (χ1) is 14.6. The predicted octanol–water partition coefficient (Wildman–Crippen LogP) is 1.78. The van der Waals surface area contributed by atoms with Crippen LogP contribution >= 0.6 is 0 Å².